The van der Waals surface area contributed by atoms with Gasteiger partial charge in [-0.1, -0.05) is 37.3 Å². The van der Waals surface area contributed by atoms with E-state index in [0.717, 1.165) is 18.1 Å². The first-order valence-electron chi connectivity index (χ1n) is 11.2. The maximum atomic E-state index is 13.7. The monoisotopic (exact) mass is 469 g/mol. The molecule has 0 fully saturated rings. The van der Waals surface area contributed by atoms with Gasteiger partial charge in [-0.05, 0) is 47.7 Å². The molecule has 0 spiro atoms. The van der Waals surface area contributed by atoms with Gasteiger partial charge in [-0.15, -0.1) is 0 Å². The summed E-state index contributed by atoms with van der Waals surface area (Å²) in [7, 11) is 0. The minimum atomic E-state index is -1.04. The van der Waals surface area contributed by atoms with Crippen molar-refractivity contribution in [3.8, 4) is 0 Å². The van der Waals surface area contributed by atoms with Crippen molar-refractivity contribution in [3.63, 3.8) is 0 Å². The largest absolute Gasteiger partial charge is 0.390 e. The SMILES string of the molecule is CCc1cccc(CNCC(O)C(Cc2cc(F)cc(F)c2)NC(=O)Cc2ccc[nH]c2=O)c1. The molecule has 2 atom stereocenters. The van der Waals surface area contributed by atoms with Crippen LogP contribution < -0.4 is 16.2 Å². The lowest BCUT2D eigenvalue weighted by molar-refractivity contribution is -0.122. The highest BCUT2D eigenvalue weighted by Gasteiger charge is 2.23. The number of aliphatic hydroxyl groups is 1. The fourth-order valence-corrected chi connectivity index (χ4v) is 3.76. The van der Waals surface area contributed by atoms with Gasteiger partial charge in [0, 0.05) is 30.9 Å². The van der Waals surface area contributed by atoms with Crippen molar-refractivity contribution in [1.29, 1.82) is 0 Å². The molecular formula is C26H29F2N3O3. The van der Waals surface area contributed by atoms with Gasteiger partial charge in [0.05, 0.1) is 18.6 Å². The van der Waals surface area contributed by atoms with Gasteiger partial charge in [0.1, 0.15) is 11.6 Å². The third-order valence-electron chi connectivity index (χ3n) is 5.52. The van der Waals surface area contributed by atoms with Crippen LogP contribution in [-0.4, -0.2) is 34.7 Å². The zero-order valence-corrected chi connectivity index (χ0v) is 19.0. The van der Waals surface area contributed by atoms with Gasteiger partial charge in [0.25, 0.3) is 5.56 Å². The minimum Gasteiger partial charge on any atom is -0.390 e. The second kappa shape index (κ2) is 12.2. The lowest BCUT2D eigenvalue weighted by atomic mass is 10.00. The molecule has 0 radical (unpaired) electrons. The van der Waals surface area contributed by atoms with E-state index in [-0.39, 0.29) is 30.5 Å². The molecule has 3 rings (SSSR count). The number of benzene rings is 2. The van der Waals surface area contributed by atoms with Crippen LogP contribution in [0.4, 0.5) is 8.78 Å². The standard InChI is InChI=1S/C26H29F2N3O3/c1-2-17-5-3-6-18(9-17)15-29-16-24(32)23(12-19-10-21(27)14-22(28)11-19)31-25(33)13-20-7-4-8-30-26(20)34/h3-11,14,23-24,29,32H,2,12-13,15-16H2,1H3,(H,30,34)(H,31,33). The van der Waals surface area contributed by atoms with Crippen LogP contribution in [-0.2, 0) is 30.6 Å². The second-order valence-corrected chi connectivity index (χ2v) is 8.23. The summed E-state index contributed by atoms with van der Waals surface area (Å²) < 4.78 is 27.4. The van der Waals surface area contributed by atoms with Crippen molar-refractivity contribution in [2.24, 2.45) is 0 Å². The lowest BCUT2D eigenvalue weighted by Crippen LogP contribution is -2.49. The Balaban J connectivity index is 1.68. The van der Waals surface area contributed by atoms with Crippen LogP contribution in [0.15, 0.2) is 65.6 Å². The number of aliphatic hydroxyl groups excluding tert-OH is 1. The molecule has 1 amide bonds. The predicted octanol–water partition coefficient (Wildman–Crippen LogP) is 2.64. The van der Waals surface area contributed by atoms with Crippen molar-refractivity contribution in [2.75, 3.05) is 6.54 Å². The molecule has 0 bridgehead atoms. The molecule has 0 saturated heterocycles. The lowest BCUT2D eigenvalue weighted by Gasteiger charge is -2.25. The van der Waals surface area contributed by atoms with E-state index >= 15 is 0 Å². The number of nitrogens with one attached hydrogen (secondary N) is 3. The fraction of sp³-hybridized carbons (Fsp3) is 0.308. The number of aromatic amines is 1. The molecule has 2 aromatic carbocycles. The number of aryl methyl sites for hydroxylation is 1. The van der Waals surface area contributed by atoms with E-state index in [2.05, 4.69) is 28.6 Å². The first kappa shape index (κ1) is 25.3. The average molecular weight is 470 g/mol. The van der Waals surface area contributed by atoms with Crippen LogP contribution >= 0.6 is 0 Å². The van der Waals surface area contributed by atoms with E-state index in [1.165, 1.54) is 30.0 Å². The fourth-order valence-electron chi connectivity index (χ4n) is 3.76. The van der Waals surface area contributed by atoms with Gasteiger partial charge in [0.15, 0.2) is 0 Å². The highest BCUT2D eigenvalue weighted by molar-refractivity contribution is 5.78. The molecule has 1 heterocycles. The van der Waals surface area contributed by atoms with E-state index in [1.54, 1.807) is 6.07 Å². The zero-order chi connectivity index (χ0) is 24.5. The van der Waals surface area contributed by atoms with Gasteiger partial charge >= 0.3 is 0 Å². The predicted molar refractivity (Wildman–Crippen MR) is 126 cm³/mol. The van der Waals surface area contributed by atoms with Gasteiger partial charge in [0.2, 0.25) is 5.91 Å². The van der Waals surface area contributed by atoms with Gasteiger partial charge in [-0.25, -0.2) is 8.78 Å². The third kappa shape index (κ3) is 7.60. The van der Waals surface area contributed by atoms with E-state index in [0.29, 0.717) is 12.1 Å². The summed E-state index contributed by atoms with van der Waals surface area (Å²) in [4.78, 5) is 27.0. The van der Waals surface area contributed by atoms with Gasteiger partial charge in [-0.3, -0.25) is 9.59 Å². The van der Waals surface area contributed by atoms with E-state index < -0.39 is 29.7 Å². The van der Waals surface area contributed by atoms with Crippen molar-refractivity contribution in [2.45, 2.75) is 44.9 Å². The van der Waals surface area contributed by atoms with Crippen LogP contribution in [0.1, 0.15) is 29.2 Å². The Morgan fingerprint density at radius 3 is 2.47 bits per heavy atom. The first-order chi connectivity index (χ1) is 16.3. The van der Waals surface area contributed by atoms with Crippen molar-refractivity contribution in [1.82, 2.24) is 15.6 Å². The molecule has 8 heteroatoms. The number of hydrogen-bond donors (Lipinski definition) is 4. The molecule has 0 aliphatic heterocycles. The second-order valence-electron chi connectivity index (χ2n) is 8.23. The molecule has 34 heavy (non-hydrogen) atoms. The van der Waals surface area contributed by atoms with Gasteiger partial charge < -0.3 is 20.7 Å². The number of aromatic nitrogens is 1. The number of hydrogen-bond acceptors (Lipinski definition) is 4. The maximum absolute atomic E-state index is 13.7. The molecule has 1 aromatic heterocycles. The molecule has 3 aromatic rings. The summed E-state index contributed by atoms with van der Waals surface area (Å²) in [5.74, 6) is -1.95. The zero-order valence-electron chi connectivity index (χ0n) is 19.0. The Bertz CT molecular complexity index is 1150. The van der Waals surface area contributed by atoms with Crippen LogP contribution in [0.3, 0.4) is 0 Å². The Morgan fingerprint density at radius 1 is 1.03 bits per heavy atom. The van der Waals surface area contributed by atoms with E-state index in [4.69, 9.17) is 0 Å². The molecule has 0 aliphatic rings. The molecule has 0 aliphatic carbocycles. The van der Waals surface area contributed by atoms with Crippen LogP contribution in [0, 0.1) is 11.6 Å². The summed E-state index contributed by atoms with van der Waals surface area (Å²) in [5, 5.41) is 16.7. The Morgan fingerprint density at radius 2 is 1.76 bits per heavy atom. The number of carbonyl (C=O) groups is 1. The van der Waals surface area contributed by atoms with Crippen LogP contribution in [0.2, 0.25) is 0 Å². The van der Waals surface area contributed by atoms with E-state index in [1.807, 2.05) is 18.2 Å². The number of H-pyrrole nitrogens is 1. The number of rotatable bonds is 11. The summed E-state index contributed by atoms with van der Waals surface area (Å²) in [5.41, 5.74) is 2.46. The normalized spacial score (nSPS) is 12.8. The quantitative estimate of drug-likeness (QED) is 0.347. The topological polar surface area (TPSA) is 94.2 Å². The summed E-state index contributed by atoms with van der Waals surface area (Å²) >= 11 is 0. The van der Waals surface area contributed by atoms with E-state index in [9.17, 15) is 23.5 Å². The average Bonchev–Trinajstić information content (AvgIpc) is 2.79. The number of pyridine rings is 1. The number of amides is 1. The summed E-state index contributed by atoms with van der Waals surface area (Å²) in [6, 6.07) is 13.5. The Labute approximate surface area is 197 Å². The smallest absolute Gasteiger partial charge is 0.251 e. The molecular weight excluding hydrogens is 440 g/mol. The van der Waals surface area contributed by atoms with Crippen molar-refractivity contribution >= 4 is 5.91 Å². The molecule has 2 unspecified atom stereocenters. The van der Waals surface area contributed by atoms with Crippen molar-refractivity contribution < 1.29 is 18.7 Å². The minimum absolute atomic E-state index is 0.0136. The van der Waals surface area contributed by atoms with Gasteiger partial charge in [-0.2, -0.15) is 0 Å². The summed E-state index contributed by atoms with van der Waals surface area (Å²) in [6.45, 7) is 2.73. The third-order valence-corrected chi connectivity index (χ3v) is 5.52. The van der Waals surface area contributed by atoms with Crippen LogP contribution in [0.25, 0.3) is 0 Å². The van der Waals surface area contributed by atoms with Crippen molar-refractivity contribution in [3.05, 3.63) is 105 Å². The number of carbonyl (C=O) groups excluding carboxylic acids is 1. The van der Waals surface area contributed by atoms with Crippen LogP contribution in [0.5, 0.6) is 0 Å². The molecule has 180 valence electrons. The highest BCUT2D eigenvalue weighted by atomic mass is 19.1. The number of halogens is 2. The molecule has 4 N–H and O–H groups in total. The maximum Gasteiger partial charge on any atom is 0.251 e. The first-order valence-corrected chi connectivity index (χ1v) is 11.2. The highest BCUT2D eigenvalue weighted by Crippen LogP contribution is 2.12. The summed E-state index contributed by atoms with van der Waals surface area (Å²) in [6.07, 6.45) is 1.17. The molecule has 6 nitrogen and oxygen atoms in total. The Hall–Kier alpha value is -3.36. The molecule has 0 saturated carbocycles. The Kier molecular flexibility index (Phi) is 9.07.